The Balaban J connectivity index is 3.35. The zero-order valence-corrected chi connectivity index (χ0v) is 9.21. The van der Waals surface area contributed by atoms with Crippen molar-refractivity contribution in [3.8, 4) is 6.07 Å². The maximum Gasteiger partial charge on any atom is 0.341 e. The standard InChI is InChI=1S/C12H12FNO2/c1-3-9-8(7-14)5-6-10(13)11(9)12(15)16-4-2/h5-6H,3-4H2,1-2H3. The molecular weight excluding hydrogens is 209 g/mol. The highest BCUT2D eigenvalue weighted by Gasteiger charge is 2.19. The first-order chi connectivity index (χ1) is 7.65. The van der Waals surface area contributed by atoms with Crippen molar-refractivity contribution in [1.29, 1.82) is 5.26 Å². The normalized spacial score (nSPS) is 9.62. The second-order valence-corrected chi connectivity index (χ2v) is 3.13. The molecule has 0 heterocycles. The summed E-state index contributed by atoms with van der Waals surface area (Å²) in [6.45, 7) is 3.59. The number of nitriles is 1. The Morgan fingerprint density at radius 3 is 2.69 bits per heavy atom. The van der Waals surface area contributed by atoms with Gasteiger partial charge in [0.2, 0.25) is 0 Å². The Labute approximate surface area is 93.5 Å². The fourth-order valence-corrected chi connectivity index (χ4v) is 1.52. The second-order valence-electron chi connectivity index (χ2n) is 3.13. The second kappa shape index (κ2) is 5.26. The molecule has 4 heteroatoms. The highest BCUT2D eigenvalue weighted by atomic mass is 19.1. The molecule has 0 N–H and O–H groups in total. The first-order valence-electron chi connectivity index (χ1n) is 5.04. The van der Waals surface area contributed by atoms with E-state index >= 15 is 0 Å². The van der Waals surface area contributed by atoms with Crippen molar-refractivity contribution < 1.29 is 13.9 Å². The molecule has 0 amide bonds. The van der Waals surface area contributed by atoms with E-state index in [0.29, 0.717) is 17.5 Å². The molecule has 0 radical (unpaired) electrons. The van der Waals surface area contributed by atoms with Crippen LogP contribution in [0.1, 0.15) is 35.3 Å². The summed E-state index contributed by atoms with van der Waals surface area (Å²) in [6, 6.07) is 4.42. The maximum absolute atomic E-state index is 13.5. The van der Waals surface area contributed by atoms with Crippen molar-refractivity contribution in [3.05, 3.63) is 34.6 Å². The van der Waals surface area contributed by atoms with Gasteiger partial charge in [-0.15, -0.1) is 0 Å². The van der Waals surface area contributed by atoms with Gasteiger partial charge in [-0.1, -0.05) is 6.92 Å². The van der Waals surface area contributed by atoms with E-state index in [1.165, 1.54) is 6.07 Å². The fourth-order valence-electron chi connectivity index (χ4n) is 1.52. The number of carbonyl (C=O) groups excluding carboxylic acids is 1. The van der Waals surface area contributed by atoms with Crippen molar-refractivity contribution in [2.24, 2.45) is 0 Å². The highest BCUT2D eigenvalue weighted by Crippen LogP contribution is 2.19. The van der Waals surface area contributed by atoms with Crippen LogP contribution in [-0.4, -0.2) is 12.6 Å². The molecule has 0 unspecified atom stereocenters. The van der Waals surface area contributed by atoms with E-state index < -0.39 is 11.8 Å². The number of nitrogens with zero attached hydrogens (tertiary/aromatic N) is 1. The van der Waals surface area contributed by atoms with Gasteiger partial charge in [0, 0.05) is 0 Å². The first-order valence-corrected chi connectivity index (χ1v) is 5.04. The van der Waals surface area contributed by atoms with Crippen LogP contribution in [-0.2, 0) is 11.2 Å². The van der Waals surface area contributed by atoms with Crippen LogP contribution in [0.5, 0.6) is 0 Å². The molecule has 1 rings (SSSR count). The molecule has 0 spiro atoms. The molecule has 0 atom stereocenters. The molecule has 1 aromatic carbocycles. The molecular formula is C12H12FNO2. The van der Waals surface area contributed by atoms with Crippen LogP contribution < -0.4 is 0 Å². The molecule has 1 aromatic rings. The van der Waals surface area contributed by atoms with Crippen molar-refractivity contribution in [2.75, 3.05) is 6.61 Å². The third kappa shape index (κ3) is 2.19. The Hall–Kier alpha value is -1.89. The molecule has 0 aromatic heterocycles. The lowest BCUT2D eigenvalue weighted by molar-refractivity contribution is 0.0519. The summed E-state index contributed by atoms with van der Waals surface area (Å²) < 4.78 is 18.3. The molecule has 0 saturated carbocycles. The van der Waals surface area contributed by atoms with Crippen LogP contribution in [0.2, 0.25) is 0 Å². The lowest BCUT2D eigenvalue weighted by atomic mass is 9.99. The lowest BCUT2D eigenvalue weighted by Crippen LogP contribution is -2.12. The van der Waals surface area contributed by atoms with E-state index in [0.717, 1.165) is 6.07 Å². The average molecular weight is 221 g/mol. The van der Waals surface area contributed by atoms with Crippen LogP contribution in [0.15, 0.2) is 12.1 Å². The number of rotatable bonds is 3. The third-order valence-electron chi connectivity index (χ3n) is 2.22. The van der Waals surface area contributed by atoms with E-state index in [9.17, 15) is 9.18 Å². The van der Waals surface area contributed by atoms with Gasteiger partial charge >= 0.3 is 5.97 Å². The van der Waals surface area contributed by atoms with Gasteiger partial charge in [-0.05, 0) is 31.0 Å². The molecule has 3 nitrogen and oxygen atoms in total. The van der Waals surface area contributed by atoms with Gasteiger partial charge in [-0.3, -0.25) is 0 Å². The number of halogens is 1. The van der Waals surface area contributed by atoms with Crippen molar-refractivity contribution in [3.63, 3.8) is 0 Å². The van der Waals surface area contributed by atoms with Gasteiger partial charge in [-0.25, -0.2) is 9.18 Å². The van der Waals surface area contributed by atoms with Gasteiger partial charge in [-0.2, -0.15) is 5.26 Å². The molecule has 16 heavy (non-hydrogen) atoms. The molecule has 84 valence electrons. The van der Waals surface area contributed by atoms with Gasteiger partial charge in [0.05, 0.1) is 23.8 Å². The first kappa shape index (κ1) is 12.2. The molecule has 0 saturated heterocycles. The van der Waals surface area contributed by atoms with Crippen LogP contribution in [0.3, 0.4) is 0 Å². The molecule has 0 aliphatic heterocycles. The van der Waals surface area contributed by atoms with Gasteiger partial charge in [0.25, 0.3) is 0 Å². The smallest absolute Gasteiger partial charge is 0.341 e. The lowest BCUT2D eigenvalue weighted by Gasteiger charge is -2.09. The summed E-state index contributed by atoms with van der Waals surface area (Å²) in [7, 11) is 0. The topological polar surface area (TPSA) is 50.1 Å². The van der Waals surface area contributed by atoms with Crippen LogP contribution in [0.25, 0.3) is 0 Å². The van der Waals surface area contributed by atoms with Gasteiger partial charge in [0.15, 0.2) is 0 Å². The Morgan fingerprint density at radius 1 is 1.50 bits per heavy atom. The van der Waals surface area contributed by atoms with E-state index in [1.54, 1.807) is 13.8 Å². The fraction of sp³-hybridized carbons (Fsp3) is 0.333. The molecule has 0 bridgehead atoms. The van der Waals surface area contributed by atoms with Crippen LogP contribution in [0.4, 0.5) is 4.39 Å². The maximum atomic E-state index is 13.5. The SMILES string of the molecule is CCOC(=O)c1c(F)ccc(C#N)c1CC. The van der Waals surface area contributed by atoms with Crippen molar-refractivity contribution in [2.45, 2.75) is 20.3 Å². The number of ether oxygens (including phenoxy) is 1. The van der Waals surface area contributed by atoms with E-state index in [2.05, 4.69) is 0 Å². The highest BCUT2D eigenvalue weighted by molar-refractivity contribution is 5.92. The zero-order valence-electron chi connectivity index (χ0n) is 9.21. The summed E-state index contributed by atoms with van der Waals surface area (Å²) in [4.78, 5) is 11.5. The molecule has 0 aliphatic carbocycles. The Kier molecular flexibility index (Phi) is 4.01. The number of esters is 1. The summed E-state index contributed by atoms with van der Waals surface area (Å²) in [5.74, 6) is -1.36. The molecule has 0 fully saturated rings. The summed E-state index contributed by atoms with van der Waals surface area (Å²) >= 11 is 0. The predicted octanol–water partition coefficient (Wildman–Crippen LogP) is 2.44. The van der Waals surface area contributed by atoms with E-state index in [1.807, 2.05) is 6.07 Å². The Bertz CT molecular complexity index is 449. The summed E-state index contributed by atoms with van der Waals surface area (Å²) in [5, 5.41) is 8.85. The predicted molar refractivity (Wildman–Crippen MR) is 56.4 cm³/mol. The van der Waals surface area contributed by atoms with Crippen LogP contribution >= 0.6 is 0 Å². The van der Waals surface area contributed by atoms with E-state index in [4.69, 9.17) is 10.00 Å². The molecule has 0 aliphatic rings. The third-order valence-corrected chi connectivity index (χ3v) is 2.22. The average Bonchev–Trinajstić information content (AvgIpc) is 2.28. The van der Waals surface area contributed by atoms with E-state index in [-0.39, 0.29) is 12.2 Å². The van der Waals surface area contributed by atoms with Gasteiger partial charge in [0.1, 0.15) is 5.82 Å². The Morgan fingerprint density at radius 2 is 2.19 bits per heavy atom. The van der Waals surface area contributed by atoms with Crippen molar-refractivity contribution >= 4 is 5.97 Å². The summed E-state index contributed by atoms with van der Waals surface area (Å²) in [6.07, 6.45) is 0.412. The minimum Gasteiger partial charge on any atom is -0.462 e. The number of hydrogen-bond donors (Lipinski definition) is 0. The van der Waals surface area contributed by atoms with Gasteiger partial charge < -0.3 is 4.74 Å². The minimum atomic E-state index is -0.714. The zero-order chi connectivity index (χ0) is 12.1. The number of benzene rings is 1. The largest absolute Gasteiger partial charge is 0.462 e. The summed E-state index contributed by atoms with van der Waals surface area (Å²) in [5.41, 5.74) is 0.594. The van der Waals surface area contributed by atoms with Crippen LogP contribution in [0, 0.1) is 17.1 Å². The minimum absolute atomic E-state index is 0.122. The number of hydrogen-bond acceptors (Lipinski definition) is 3. The monoisotopic (exact) mass is 221 g/mol. The quantitative estimate of drug-likeness (QED) is 0.736. The van der Waals surface area contributed by atoms with Crippen molar-refractivity contribution in [1.82, 2.24) is 0 Å². The number of carbonyl (C=O) groups is 1.